The van der Waals surface area contributed by atoms with Crippen molar-refractivity contribution in [2.24, 2.45) is 0 Å². The van der Waals surface area contributed by atoms with Gasteiger partial charge in [-0.05, 0) is 18.1 Å². The van der Waals surface area contributed by atoms with E-state index in [1.165, 1.54) is 5.56 Å². The molecular weight excluding hydrogens is 262 g/mol. The largest absolute Gasteiger partial charge is 0.395 e. The van der Waals surface area contributed by atoms with Gasteiger partial charge in [-0.25, -0.2) is 0 Å². The molecule has 2 rings (SSSR count). The quantitative estimate of drug-likeness (QED) is 0.821. The van der Waals surface area contributed by atoms with E-state index in [1.807, 2.05) is 55.5 Å². The second-order valence-corrected chi connectivity index (χ2v) is 5.56. The van der Waals surface area contributed by atoms with Gasteiger partial charge >= 0.3 is 0 Å². The monoisotopic (exact) mass is 285 g/mol. The predicted octanol–water partition coefficient (Wildman–Crippen LogP) is 2.39. The fraction of sp³-hybridized carbons (Fsp3) is 0.333. The van der Waals surface area contributed by atoms with E-state index in [0.717, 1.165) is 5.56 Å². The van der Waals surface area contributed by atoms with Gasteiger partial charge in [-0.15, -0.1) is 0 Å². The van der Waals surface area contributed by atoms with Crippen molar-refractivity contribution < 1.29 is 10.2 Å². The Balaban J connectivity index is 2.08. The lowest BCUT2D eigenvalue weighted by Crippen LogP contribution is -2.39. The molecule has 3 heteroatoms. The molecule has 0 bridgehead atoms. The first-order chi connectivity index (χ1) is 10.1. The second-order valence-electron chi connectivity index (χ2n) is 5.56. The zero-order valence-corrected chi connectivity index (χ0v) is 12.4. The minimum Gasteiger partial charge on any atom is -0.395 e. The smallest absolute Gasteiger partial charge is 0.0994 e. The third-order valence-electron chi connectivity index (χ3n) is 3.59. The van der Waals surface area contributed by atoms with Crippen molar-refractivity contribution in [2.45, 2.75) is 19.1 Å². The molecule has 21 heavy (non-hydrogen) atoms. The van der Waals surface area contributed by atoms with E-state index in [0.29, 0.717) is 19.6 Å². The van der Waals surface area contributed by atoms with Crippen molar-refractivity contribution >= 4 is 0 Å². The zero-order chi connectivity index (χ0) is 15.1. The summed E-state index contributed by atoms with van der Waals surface area (Å²) in [6.45, 7) is 3.63. The Bertz CT molecular complexity index is 525. The highest BCUT2D eigenvalue weighted by atomic mass is 16.3. The molecular formula is C18H23NO2. The Kier molecular flexibility index (Phi) is 5.51. The van der Waals surface area contributed by atoms with E-state index in [4.69, 9.17) is 0 Å². The first-order valence-corrected chi connectivity index (χ1v) is 7.27. The first kappa shape index (κ1) is 15.7. The molecule has 0 aliphatic heterocycles. The van der Waals surface area contributed by atoms with Crippen LogP contribution in [0.2, 0.25) is 0 Å². The number of aliphatic hydroxyl groups excluding tert-OH is 1. The Labute approximate surface area is 126 Å². The van der Waals surface area contributed by atoms with Gasteiger partial charge in [0.1, 0.15) is 0 Å². The highest BCUT2D eigenvalue weighted by molar-refractivity contribution is 5.22. The molecule has 0 saturated carbocycles. The molecule has 3 nitrogen and oxygen atoms in total. The van der Waals surface area contributed by atoms with Crippen LogP contribution in [-0.2, 0) is 12.1 Å². The van der Waals surface area contributed by atoms with Gasteiger partial charge < -0.3 is 10.2 Å². The molecule has 1 unspecified atom stereocenters. The zero-order valence-electron chi connectivity index (χ0n) is 12.4. The van der Waals surface area contributed by atoms with E-state index in [1.54, 1.807) is 0 Å². The molecule has 0 aromatic heterocycles. The van der Waals surface area contributed by atoms with Crippen LogP contribution in [0.5, 0.6) is 0 Å². The normalized spacial score (nSPS) is 14.1. The van der Waals surface area contributed by atoms with Crippen LogP contribution in [0.15, 0.2) is 60.7 Å². The van der Waals surface area contributed by atoms with E-state index in [9.17, 15) is 10.2 Å². The van der Waals surface area contributed by atoms with Crippen LogP contribution in [0.25, 0.3) is 0 Å². The number of hydrogen-bond acceptors (Lipinski definition) is 3. The Morgan fingerprint density at radius 2 is 1.52 bits per heavy atom. The second kappa shape index (κ2) is 7.36. The summed E-state index contributed by atoms with van der Waals surface area (Å²) in [5.74, 6) is 0. The Morgan fingerprint density at radius 1 is 0.952 bits per heavy atom. The van der Waals surface area contributed by atoms with Crippen LogP contribution < -0.4 is 0 Å². The standard InChI is InChI=1S/C18H23NO2/c1-18(21,17-10-6-3-7-11-17)15-19(12-13-20)14-16-8-4-2-5-9-16/h2-11,20-21H,12-15H2,1H3. The van der Waals surface area contributed by atoms with Crippen LogP contribution in [0.1, 0.15) is 18.1 Å². The van der Waals surface area contributed by atoms with Crippen LogP contribution in [-0.4, -0.2) is 34.8 Å². The minimum atomic E-state index is -0.939. The van der Waals surface area contributed by atoms with E-state index < -0.39 is 5.60 Å². The van der Waals surface area contributed by atoms with Crippen molar-refractivity contribution in [2.75, 3.05) is 19.7 Å². The first-order valence-electron chi connectivity index (χ1n) is 7.27. The molecule has 0 radical (unpaired) electrons. The van der Waals surface area contributed by atoms with Gasteiger partial charge in [0, 0.05) is 19.6 Å². The van der Waals surface area contributed by atoms with Crippen molar-refractivity contribution in [3.63, 3.8) is 0 Å². The molecule has 2 aromatic carbocycles. The Hall–Kier alpha value is -1.68. The van der Waals surface area contributed by atoms with E-state index in [-0.39, 0.29) is 6.61 Å². The minimum absolute atomic E-state index is 0.0811. The molecule has 1 atom stereocenters. The molecule has 2 aromatic rings. The summed E-state index contributed by atoms with van der Waals surface area (Å²) in [7, 11) is 0. The average molecular weight is 285 g/mol. The van der Waals surface area contributed by atoms with Crippen molar-refractivity contribution in [3.8, 4) is 0 Å². The van der Waals surface area contributed by atoms with Gasteiger partial charge in [-0.1, -0.05) is 60.7 Å². The molecule has 112 valence electrons. The summed E-state index contributed by atoms with van der Waals surface area (Å²) in [4.78, 5) is 2.07. The molecule has 0 fully saturated rings. The van der Waals surface area contributed by atoms with Gasteiger partial charge in [-0.3, -0.25) is 4.90 Å². The molecule has 0 heterocycles. The number of rotatable bonds is 7. The predicted molar refractivity (Wildman–Crippen MR) is 84.8 cm³/mol. The maximum atomic E-state index is 10.7. The van der Waals surface area contributed by atoms with Crippen LogP contribution in [0, 0.1) is 0 Å². The number of aliphatic hydroxyl groups is 2. The highest BCUT2D eigenvalue weighted by Gasteiger charge is 2.25. The van der Waals surface area contributed by atoms with Gasteiger partial charge in [0.05, 0.1) is 12.2 Å². The number of nitrogens with zero attached hydrogens (tertiary/aromatic N) is 1. The maximum absolute atomic E-state index is 10.7. The number of benzene rings is 2. The molecule has 0 aliphatic carbocycles. The molecule has 0 saturated heterocycles. The van der Waals surface area contributed by atoms with Crippen molar-refractivity contribution in [1.29, 1.82) is 0 Å². The van der Waals surface area contributed by atoms with Gasteiger partial charge in [0.15, 0.2) is 0 Å². The average Bonchev–Trinajstić information content (AvgIpc) is 2.49. The van der Waals surface area contributed by atoms with Crippen molar-refractivity contribution in [1.82, 2.24) is 4.90 Å². The third-order valence-corrected chi connectivity index (χ3v) is 3.59. The molecule has 0 aliphatic rings. The lowest BCUT2D eigenvalue weighted by molar-refractivity contribution is 0.00885. The molecule has 0 spiro atoms. The summed E-state index contributed by atoms with van der Waals surface area (Å²) in [6, 6.07) is 19.8. The fourth-order valence-electron chi connectivity index (χ4n) is 2.52. The lowest BCUT2D eigenvalue weighted by Gasteiger charge is -2.31. The summed E-state index contributed by atoms with van der Waals surface area (Å²) >= 11 is 0. The van der Waals surface area contributed by atoms with Gasteiger partial charge in [0.2, 0.25) is 0 Å². The topological polar surface area (TPSA) is 43.7 Å². The van der Waals surface area contributed by atoms with Gasteiger partial charge in [0.25, 0.3) is 0 Å². The SMILES string of the molecule is CC(O)(CN(CCO)Cc1ccccc1)c1ccccc1. The van der Waals surface area contributed by atoms with E-state index in [2.05, 4.69) is 17.0 Å². The summed E-state index contributed by atoms with van der Waals surface area (Å²) in [5.41, 5.74) is 1.13. The maximum Gasteiger partial charge on any atom is 0.0994 e. The molecule has 0 amide bonds. The van der Waals surface area contributed by atoms with Crippen LogP contribution >= 0.6 is 0 Å². The summed E-state index contributed by atoms with van der Waals surface area (Å²) in [5, 5.41) is 20.0. The van der Waals surface area contributed by atoms with Crippen molar-refractivity contribution in [3.05, 3.63) is 71.8 Å². The summed E-state index contributed by atoms with van der Waals surface area (Å²) < 4.78 is 0. The van der Waals surface area contributed by atoms with Crippen LogP contribution in [0.3, 0.4) is 0 Å². The highest BCUT2D eigenvalue weighted by Crippen LogP contribution is 2.22. The molecule has 2 N–H and O–H groups in total. The third kappa shape index (κ3) is 4.67. The Morgan fingerprint density at radius 3 is 2.10 bits per heavy atom. The van der Waals surface area contributed by atoms with E-state index >= 15 is 0 Å². The fourth-order valence-corrected chi connectivity index (χ4v) is 2.52. The van der Waals surface area contributed by atoms with Gasteiger partial charge in [-0.2, -0.15) is 0 Å². The number of hydrogen-bond donors (Lipinski definition) is 2. The lowest BCUT2D eigenvalue weighted by atomic mass is 9.95. The summed E-state index contributed by atoms with van der Waals surface area (Å²) in [6.07, 6.45) is 0. The van der Waals surface area contributed by atoms with Crippen LogP contribution in [0.4, 0.5) is 0 Å².